The van der Waals surface area contributed by atoms with Crippen LogP contribution in [0.5, 0.6) is 0 Å². The molecule has 1 N–H and O–H groups in total. The lowest BCUT2D eigenvalue weighted by Crippen LogP contribution is -2.02. The van der Waals surface area contributed by atoms with Gasteiger partial charge in [-0.15, -0.1) is 0 Å². The third-order valence-electron chi connectivity index (χ3n) is 2.75. The van der Waals surface area contributed by atoms with Crippen LogP contribution >= 0.6 is 11.6 Å². The molecular weight excluding hydrogens is 277 g/mol. The van der Waals surface area contributed by atoms with Crippen molar-refractivity contribution < 1.29 is 4.39 Å². The molecule has 5 heteroatoms. The molecule has 0 amide bonds. The fraction of sp³-hybridized carbons (Fsp3) is 0.0667. The van der Waals surface area contributed by atoms with E-state index in [4.69, 9.17) is 22.1 Å². The van der Waals surface area contributed by atoms with Crippen molar-refractivity contribution in [2.24, 2.45) is 0 Å². The molecule has 0 fully saturated rings. The average Bonchev–Trinajstić information content (AvgIpc) is 2.46. The van der Waals surface area contributed by atoms with Gasteiger partial charge in [-0.1, -0.05) is 11.6 Å². The first kappa shape index (κ1) is 13.9. The Kier molecular flexibility index (Phi) is 4.20. The normalized spacial score (nSPS) is 9.60. The SMILES string of the molecule is N#Cc1ccc(F)c(CNc2ccc(C#N)c(Cl)c2)c1. The third kappa shape index (κ3) is 3.06. The Morgan fingerprint density at radius 1 is 1.10 bits per heavy atom. The lowest BCUT2D eigenvalue weighted by molar-refractivity contribution is 0.612. The Balaban J connectivity index is 2.15. The highest BCUT2D eigenvalue weighted by molar-refractivity contribution is 6.32. The number of nitriles is 2. The van der Waals surface area contributed by atoms with Crippen molar-refractivity contribution in [2.75, 3.05) is 5.32 Å². The van der Waals surface area contributed by atoms with Crippen LogP contribution in [0.4, 0.5) is 10.1 Å². The Labute approximate surface area is 120 Å². The van der Waals surface area contributed by atoms with Crippen molar-refractivity contribution in [2.45, 2.75) is 6.54 Å². The summed E-state index contributed by atoms with van der Waals surface area (Å²) in [7, 11) is 0. The molecule has 98 valence electrons. The Morgan fingerprint density at radius 2 is 1.90 bits per heavy atom. The van der Waals surface area contributed by atoms with E-state index in [2.05, 4.69) is 5.32 Å². The van der Waals surface area contributed by atoms with Crippen molar-refractivity contribution in [3.8, 4) is 12.1 Å². The quantitative estimate of drug-likeness (QED) is 0.932. The first-order chi connectivity index (χ1) is 9.63. The highest BCUT2D eigenvalue weighted by Gasteiger charge is 2.05. The molecule has 0 aromatic heterocycles. The van der Waals surface area contributed by atoms with Crippen LogP contribution in [0, 0.1) is 28.5 Å². The van der Waals surface area contributed by atoms with Gasteiger partial charge in [0.05, 0.1) is 22.2 Å². The van der Waals surface area contributed by atoms with Crippen LogP contribution in [-0.2, 0) is 6.54 Å². The van der Waals surface area contributed by atoms with Gasteiger partial charge in [0.2, 0.25) is 0 Å². The molecule has 2 rings (SSSR count). The zero-order valence-electron chi connectivity index (χ0n) is 10.3. The van der Waals surface area contributed by atoms with Gasteiger partial charge in [-0.3, -0.25) is 0 Å². The summed E-state index contributed by atoms with van der Waals surface area (Å²) in [5.41, 5.74) is 1.86. The van der Waals surface area contributed by atoms with E-state index in [9.17, 15) is 4.39 Å². The number of hydrogen-bond acceptors (Lipinski definition) is 3. The minimum atomic E-state index is -0.378. The molecule has 0 spiro atoms. The molecule has 0 radical (unpaired) electrons. The number of benzene rings is 2. The number of hydrogen-bond donors (Lipinski definition) is 1. The first-order valence-electron chi connectivity index (χ1n) is 5.76. The number of nitrogens with zero attached hydrogens (tertiary/aromatic N) is 2. The lowest BCUT2D eigenvalue weighted by Gasteiger charge is -2.08. The monoisotopic (exact) mass is 285 g/mol. The second-order valence-corrected chi connectivity index (χ2v) is 4.49. The van der Waals surface area contributed by atoms with E-state index in [0.29, 0.717) is 27.4 Å². The number of anilines is 1. The Morgan fingerprint density at radius 3 is 2.55 bits per heavy atom. The van der Waals surface area contributed by atoms with Crippen LogP contribution in [0.3, 0.4) is 0 Å². The summed E-state index contributed by atoms with van der Waals surface area (Å²) >= 11 is 5.91. The second kappa shape index (κ2) is 6.06. The van der Waals surface area contributed by atoms with E-state index < -0.39 is 0 Å². The van der Waals surface area contributed by atoms with E-state index >= 15 is 0 Å². The molecular formula is C15H9ClFN3. The van der Waals surface area contributed by atoms with Crippen molar-refractivity contribution in [1.29, 1.82) is 10.5 Å². The fourth-order valence-electron chi connectivity index (χ4n) is 1.69. The molecule has 2 aromatic carbocycles. The van der Waals surface area contributed by atoms with Crippen LogP contribution in [0.1, 0.15) is 16.7 Å². The predicted molar refractivity (Wildman–Crippen MR) is 74.6 cm³/mol. The molecule has 2 aromatic rings. The van der Waals surface area contributed by atoms with Crippen molar-refractivity contribution in [3.05, 3.63) is 63.9 Å². The van der Waals surface area contributed by atoms with Gasteiger partial charge in [0.15, 0.2) is 0 Å². The summed E-state index contributed by atoms with van der Waals surface area (Å²) in [5, 5.41) is 20.9. The number of nitrogens with one attached hydrogen (secondary N) is 1. The van der Waals surface area contributed by atoms with Crippen LogP contribution < -0.4 is 5.32 Å². The minimum absolute atomic E-state index is 0.226. The van der Waals surface area contributed by atoms with Crippen LogP contribution in [0.25, 0.3) is 0 Å². The molecule has 0 atom stereocenters. The second-order valence-electron chi connectivity index (χ2n) is 4.08. The van der Waals surface area contributed by atoms with Crippen LogP contribution in [0.15, 0.2) is 36.4 Å². The van der Waals surface area contributed by atoms with E-state index in [1.807, 2.05) is 12.1 Å². The number of rotatable bonds is 3. The molecule has 0 aliphatic heterocycles. The maximum absolute atomic E-state index is 13.6. The fourth-order valence-corrected chi connectivity index (χ4v) is 1.92. The summed E-state index contributed by atoms with van der Waals surface area (Å²) in [4.78, 5) is 0. The average molecular weight is 286 g/mol. The van der Waals surface area contributed by atoms with Gasteiger partial charge in [0.1, 0.15) is 11.9 Å². The standard InChI is InChI=1S/C15H9ClFN3/c16-14-6-13(3-2-11(14)8-19)20-9-12-5-10(7-18)1-4-15(12)17/h1-6,20H,9H2. The summed E-state index contributed by atoms with van der Waals surface area (Å²) in [6, 6.07) is 13.0. The molecule has 20 heavy (non-hydrogen) atoms. The first-order valence-corrected chi connectivity index (χ1v) is 6.14. The molecule has 0 unspecified atom stereocenters. The molecule has 0 heterocycles. The molecule has 3 nitrogen and oxygen atoms in total. The summed E-state index contributed by atoms with van der Waals surface area (Å²) in [6.07, 6.45) is 0. The molecule has 0 saturated heterocycles. The number of halogens is 2. The van der Waals surface area contributed by atoms with Crippen LogP contribution in [-0.4, -0.2) is 0 Å². The van der Waals surface area contributed by atoms with E-state index in [-0.39, 0.29) is 12.4 Å². The van der Waals surface area contributed by atoms with Gasteiger partial charge in [-0.05, 0) is 36.4 Å². The highest BCUT2D eigenvalue weighted by atomic mass is 35.5. The molecule has 0 bridgehead atoms. The van der Waals surface area contributed by atoms with E-state index in [1.165, 1.54) is 18.2 Å². The maximum atomic E-state index is 13.6. The minimum Gasteiger partial charge on any atom is -0.381 e. The van der Waals surface area contributed by atoms with Crippen molar-refractivity contribution in [3.63, 3.8) is 0 Å². The van der Waals surface area contributed by atoms with E-state index in [1.54, 1.807) is 18.2 Å². The summed E-state index contributed by atoms with van der Waals surface area (Å²) in [6.45, 7) is 0.226. The van der Waals surface area contributed by atoms with Gasteiger partial charge in [0, 0.05) is 17.8 Å². The largest absolute Gasteiger partial charge is 0.381 e. The Bertz CT molecular complexity index is 729. The predicted octanol–water partition coefficient (Wildman–Crippen LogP) is 3.83. The smallest absolute Gasteiger partial charge is 0.128 e. The van der Waals surface area contributed by atoms with Gasteiger partial charge >= 0.3 is 0 Å². The van der Waals surface area contributed by atoms with Crippen LogP contribution in [0.2, 0.25) is 5.02 Å². The van der Waals surface area contributed by atoms with Gasteiger partial charge < -0.3 is 5.32 Å². The topological polar surface area (TPSA) is 59.6 Å². The third-order valence-corrected chi connectivity index (χ3v) is 3.06. The maximum Gasteiger partial charge on any atom is 0.128 e. The Hall–Kier alpha value is -2.56. The van der Waals surface area contributed by atoms with Gasteiger partial charge in [0.25, 0.3) is 0 Å². The van der Waals surface area contributed by atoms with Gasteiger partial charge in [-0.25, -0.2) is 4.39 Å². The van der Waals surface area contributed by atoms with Crippen molar-refractivity contribution >= 4 is 17.3 Å². The molecule has 0 aliphatic carbocycles. The summed E-state index contributed by atoms with van der Waals surface area (Å²) < 4.78 is 13.6. The van der Waals surface area contributed by atoms with Gasteiger partial charge in [-0.2, -0.15) is 10.5 Å². The lowest BCUT2D eigenvalue weighted by atomic mass is 10.1. The zero-order chi connectivity index (χ0) is 14.5. The molecule has 0 aliphatic rings. The highest BCUT2D eigenvalue weighted by Crippen LogP contribution is 2.21. The molecule has 0 saturated carbocycles. The van der Waals surface area contributed by atoms with E-state index in [0.717, 1.165) is 0 Å². The zero-order valence-corrected chi connectivity index (χ0v) is 11.1. The summed E-state index contributed by atoms with van der Waals surface area (Å²) in [5.74, 6) is -0.378. The van der Waals surface area contributed by atoms with Crippen molar-refractivity contribution in [1.82, 2.24) is 0 Å².